The number of thiophene rings is 1. The Morgan fingerprint density at radius 1 is 1.28 bits per heavy atom. The van der Waals surface area contributed by atoms with Gasteiger partial charge in [-0.25, -0.2) is 4.98 Å². The molecule has 0 fully saturated rings. The maximum atomic E-state index is 13.3. The van der Waals surface area contributed by atoms with Crippen molar-refractivity contribution in [3.63, 3.8) is 0 Å². The Bertz CT molecular complexity index is 1050. The lowest BCUT2D eigenvalue weighted by atomic mass is 9.69. The van der Waals surface area contributed by atoms with Gasteiger partial charge < -0.3 is 10.6 Å². The monoisotopic (exact) mass is 407 g/mol. The molecule has 0 radical (unpaired) electrons. The number of nitrogens with one attached hydrogen (secondary N) is 2. The van der Waals surface area contributed by atoms with E-state index < -0.39 is 0 Å². The number of Topliss-reactive ketones (excluding diaryl/α,β-unsaturated/α-hetero) is 1. The first kappa shape index (κ1) is 19.6. The maximum Gasteiger partial charge on any atom is 0.255 e. The first-order chi connectivity index (χ1) is 13.7. The van der Waals surface area contributed by atoms with Crippen molar-refractivity contribution in [1.82, 2.24) is 10.3 Å². The van der Waals surface area contributed by atoms with Gasteiger partial charge in [-0.1, -0.05) is 19.9 Å². The molecule has 2 N–H and O–H groups in total. The molecule has 5 nitrogen and oxygen atoms in total. The third kappa shape index (κ3) is 3.77. The van der Waals surface area contributed by atoms with Gasteiger partial charge in [0.05, 0.1) is 5.92 Å². The molecule has 3 heterocycles. The zero-order chi connectivity index (χ0) is 20.8. The number of dihydropyridines is 1. The second-order valence-electron chi connectivity index (χ2n) is 8.62. The Balaban J connectivity index is 1.77. The quantitative estimate of drug-likeness (QED) is 0.774. The number of anilines is 1. The van der Waals surface area contributed by atoms with E-state index in [1.807, 2.05) is 43.5 Å². The molecule has 0 saturated heterocycles. The van der Waals surface area contributed by atoms with Gasteiger partial charge in [-0.15, -0.1) is 11.3 Å². The van der Waals surface area contributed by atoms with Gasteiger partial charge in [0.1, 0.15) is 5.82 Å². The van der Waals surface area contributed by atoms with Crippen LogP contribution < -0.4 is 10.6 Å². The molecule has 0 saturated carbocycles. The molecule has 1 aliphatic heterocycles. The van der Waals surface area contributed by atoms with Gasteiger partial charge >= 0.3 is 0 Å². The van der Waals surface area contributed by atoms with Gasteiger partial charge in [0.15, 0.2) is 5.78 Å². The molecular weight excluding hydrogens is 382 g/mol. The molecule has 0 aromatic carbocycles. The van der Waals surface area contributed by atoms with Gasteiger partial charge in [-0.2, -0.15) is 0 Å². The highest BCUT2D eigenvalue weighted by Crippen LogP contribution is 2.47. The predicted molar refractivity (Wildman–Crippen MR) is 116 cm³/mol. The fraction of sp³-hybridized carbons (Fsp3) is 0.348. The number of aromatic nitrogens is 1. The molecule has 1 atom stereocenters. The lowest BCUT2D eigenvalue weighted by Crippen LogP contribution is -2.39. The smallest absolute Gasteiger partial charge is 0.255 e. The molecule has 150 valence electrons. The summed E-state index contributed by atoms with van der Waals surface area (Å²) < 4.78 is 0. The fourth-order valence-corrected chi connectivity index (χ4v) is 5.11. The molecule has 2 aliphatic rings. The zero-order valence-electron chi connectivity index (χ0n) is 17.1. The second kappa shape index (κ2) is 7.26. The number of hydrogen-bond donors (Lipinski definition) is 2. The van der Waals surface area contributed by atoms with E-state index in [9.17, 15) is 9.59 Å². The van der Waals surface area contributed by atoms with Gasteiger partial charge in [0, 0.05) is 40.0 Å². The first-order valence-electron chi connectivity index (χ1n) is 9.76. The van der Waals surface area contributed by atoms with Crippen molar-refractivity contribution in [3.8, 4) is 0 Å². The lowest BCUT2D eigenvalue weighted by Gasteiger charge is -2.39. The first-order valence-corrected chi connectivity index (χ1v) is 10.6. The average molecular weight is 408 g/mol. The van der Waals surface area contributed by atoms with Crippen LogP contribution in [0.15, 0.2) is 58.4 Å². The molecule has 6 heteroatoms. The van der Waals surface area contributed by atoms with Crippen molar-refractivity contribution >= 4 is 28.8 Å². The van der Waals surface area contributed by atoms with Crippen molar-refractivity contribution in [3.05, 3.63) is 68.8 Å². The minimum absolute atomic E-state index is 0.0888. The van der Waals surface area contributed by atoms with E-state index in [0.29, 0.717) is 17.8 Å². The summed E-state index contributed by atoms with van der Waals surface area (Å²) >= 11 is 1.58. The third-order valence-corrected chi connectivity index (χ3v) is 6.41. The predicted octanol–water partition coefficient (Wildman–Crippen LogP) is 4.69. The molecular formula is C23H25N3O2S. The van der Waals surface area contributed by atoms with E-state index in [1.54, 1.807) is 17.5 Å². The number of carbonyl (C=O) groups is 2. The van der Waals surface area contributed by atoms with Crippen LogP contribution in [0.4, 0.5) is 5.82 Å². The largest absolute Gasteiger partial charge is 0.362 e. The molecule has 29 heavy (non-hydrogen) atoms. The normalized spacial score (nSPS) is 21.0. The SMILES string of the molecule is CC1=C(C(=O)Nc2cc(C)ccn2)C(c2cccs2)C2=C(CC(C)(C)CC2=O)N1. The number of rotatable bonds is 3. The highest BCUT2D eigenvalue weighted by atomic mass is 32.1. The number of pyridine rings is 1. The molecule has 1 unspecified atom stereocenters. The number of carbonyl (C=O) groups excluding carboxylic acids is 2. The summed E-state index contributed by atoms with van der Waals surface area (Å²) in [6.45, 7) is 8.09. The number of hydrogen-bond acceptors (Lipinski definition) is 5. The summed E-state index contributed by atoms with van der Waals surface area (Å²) in [6, 6.07) is 7.69. The number of aryl methyl sites for hydroxylation is 1. The topological polar surface area (TPSA) is 71.1 Å². The molecule has 2 aromatic heterocycles. The van der Waals surface area contributed by atoms with Crippen molar-refractivity contribution < 1.29 is 9.59 Å². The van der Waals surface area contributed by atoms with Crippen LogP contribution in [0.2, 0.25) is 0 Å². The Hall–Kier alpha value is -2.73. The van der Waals surface area contributed by atoms with Gasteiger partial charge in [0.25, 0.3) is 5.91 Å². The van der Waals surface area contributed by atoms with Crippen molar-refractivity contribution in [2.24, 2.45) is 5.41 Å². The Morgan fingerprint density at radius 2 is 2.07 bits per heavy atom. The van der Waals surface area contributed by atoms with Crippen LogP contribution in [0.25, 0.3) is 0 Å². The minimum atomic E-state index is -0.348. The van der Waals surface area contributed by atoms with Crippen molar-refractivity contribution in [2.75, 3.05) is 5.32 Å². The van der Waals surface area contributed by atoms with Crippen LogP contribution in [0.5, 0.6) is 0 Å². The summed E-state index contributed by atoms with van der Waals surface area (Å²) in [5, 5.41) is 8.30. The van der Waals surface area contributed by atoms with E-state index in [1.165, 1.54) is 0 Å². The third-order valence-electron chi connectivity index (χ3n) is 5.47. The number of nitrogens with zero attached hydrogens (tertiary/aromatic N) is 1. The lowest BCUT2D eigenvalue weighted by molar-refractivity contribution is -0.118. The van der Waals surface area contributed by atoms with Crippen LogP contribution in [-0.2, 0) is 9.59 Å². The number of allylic oxidation sites excluding steroid dienone is 3. The fourth-order valence-electron chi connectivity index (χ4n) is 4.27. The van der Waals surface area contributed by atoms with Gasteiger partial charge in [0.2, 0.25) is 0 Å². The zero-order valence-corrected chi connectivity index (χ0v) is 17.9. The van der Waals surface area contributed by atoms with E-state index in [-0.39, 0.29) is 23.0 Å². The van der Waals surface area contributed by atoms with E-state index in [2.05, 4.69) is 29.5 Å². The molecule has 0 bridgehead atoms. The standard InChI is InChI=1S/C23H25N3O2S/c1-13-7-8-24-18(10-13)26-22(28)19-14(2)25-15-11-23(3,4)12-16(27)20(15)21(19)17-6-5-9-29-17/h5-10,21,25H,11-12H2,1-4H3,(H,24,26,28). The molecule has 1 aliphatic carbocycles. The van der Waals surface area contributed by atoms with E-state index in [4.69, 9.17) is 0 Å². The van der Waals surface area contributed by atoms with Crippen molar-refractivity contribution in [1.29, 1.82) is 0 Å². The maximum absolute atomic E-state index is 13.3. The highest BCUT2D eigenvalue weighted by molar-refractivity contribution is 7.10. The Kier molecular flexibility index (Phi) is 4.90. The number of amides is 1. The summed E-state index contributed by atoms with van der Waals surface area (Å²) in [4.78, 5) is 31.8. The average Bonchev–Trinajstić information content (AvgIpc) is 3.13. The Morgan fingerprint density at radius 3 is 2.76 bits per heavy atom. The van der Waals surface area contributed by atoms with Crippen LogP contribution in [-0.4, -0.2) is 16.7 Å². The van der Waals surface area contributed by atoms with Gasteiger partial charge in [-0.3, -0.25) is 9.59 Å². The molecule has 4 rings (SSSR count). The van der Waals surface area contributed by atoms with Crippen LogP contribution in [0.1, 0.15) is 50.0 Å². The summed E-state index contributed by atoms with van der Waals surface area (Å²) in [5.41, 5.74) is 3.99. The van der Waals surface area contributed by atoms with E-state index in [0.717, 1.165) is 33.8 Å². The van der Waals surface area contributed by atoms with Crippen LogP contribution >= 0.6 is 11.3 Å². The molecule has 2 aromatic rings. The molecule has 1 amide bonds. The van der Waals surface area contributed by atoms with Gasteiger partial charge in [-0.05, 0) is 54.8 Å². The van der Waals surface area contributed by atoms with Crippen LogP contribution in [0.3, 0.4) is 0 Å². The van der Waals surface area contributed by atoms with Crippen molar-refractivity contribution in [2.45, 2.75) is 46.5 Å². The number of ketones is 1. The summed E-state index contributed by atoms with van der Waals surface area (Å²) in [5.74, 6) is 0.0556. The summed E-state index contributed by atoms with van der Waals surface area (Å²) in [6.07, 6.45) is 2.96. The molecule has 0 spiro atoms. The minimum Gasteiger partial charge on any atom is -0.362 e. The summed E-state index contributed by atoms with van der Waals surface area (Å²) in [7, 11) is 0. The van der Waals surface area contributed by atoms with E-state index >= 15 is 0 Å². The highest BCUT2D eigenvalue weighted by Gasteiger charge is 2.43. The Labute approximate surface area is 174 Å². The van der Waals surface area contributed by atoms with Crippen LogP contribution in [0, 0.1) is 12.3 Å². The second-order valence-corrected chi connectivity index (χ2v) is 9.60.